The van der Waals surface area contributed by atoms with E-state index in [2.05, 4.69) is 29.1 Å². The zero-order valence-corrected chi connectivity index (χ0v) is 16.1. The summed E-state index contributed by atoms with van der Waals surface area (Å²) in [6, 6.07) is 9.23. The van der Waals surface area contributed by atoms with Gasteiger partial charge in [0.25, 0.3) is 0 Å². The van der Waals surface area contributed by atoms with Crippen LogP contribution in [-0.2, 0) is 0 Å². The van der Waals surface area contributed by atoms with Crippen LogP contribution in [0.1, 0.15) is 26.7 Å². The summed E-state index contributed by atoms with van der Waals surface area (Å²) in [5, 5.41) is 4.40. The molecule has 0 aliphatic rings. The van der Waals surface area contributed by atoms with Crippen molar-refractivity contribution in [1.82, 2.24) is 14.4 Å². The van der Waals surface area contributed by atoms with E-state index in [0.717, 1.165) is 39.6 Å². The Morgan fingerprint density at radius 1 is 1.15 bits per heavy atom. The number of benzene rings is 1. The molecule has 0 bridgehead atoms. The Morgan fingerprint density at radius 2 is 1.96 bits per heavy atom. The number of pyridine rings is 1. The van der Waals surface area contributed by atoms with E-state index in [4.69, 9.17) is 0 Å². The van der Waals surface area contributed by atoms with Gasteiger partial charge in [0.2, 0.25) is 0 Å². The Labute approximate surface area is 161 Å². The first-order chi connectivity index (χ1) is 13.2. The zero-order chi connectivity index (χ0) is 18.8. The van der Waals surface area contributed by atoms with Gasteiger partial charge in [0, 0.05) is 47.5 Å². The highest BCUT2D eigenvalue weighted by Crippen LogP contribution is 2.34. The molecule has 0 unspecified atom stereocenters. The third-order valence-corrected chi connectivity index (χ3v) is 5.73. The smallest absolute Gasteiger partial charge is 0.183 e. The highest BCUT2D eigenvalue weighted by atomic mass is 32.1. The molecule has 0 aliphatic heterocycles. The first-order valence-electron chi connectivity index (χ1n) is 9.14. The van der Waals surface area contributed by atoms with Gasteiger partial charge in [-0.25, -0.2) is 14.4 Å². The van der Waals surface area contributed by atoms with Crippen molar-refractivity contribution < 1.29 is 4.39 Å². The topological polar surface area (TPSA) is 42.2 Å². The maximum atomic E-state index is 14.4. The SMILES string of the molecule is CCC(CC)Nc1ncc(-c2cc(-c3ccccc3F)c3nccn3c2)s1. The van der Waals surface area contributed by atoms with E-state index >= 15 is 0 Å². The van der Waals surface area contributed by atoms with Crippen LogP contribution in [0, 0.1) is 5.82 Å². The van der Waals surface area contributed by atoms with E-state index in [1.165, 1.54) is 6.07 Å². The minimum absolute atomic E-state index is 0.250. The lowest BCUT2D eigenvalue weighted by molar-refractivity contribution is 0.631. The molecule has 0 amide bonds. The fourth-order valence-corrected chi connectivity index (χ4v) is 4.06. The van der Waals surface area contributed by atoms with Crippen LogP contribution >= 0.6 is 11.3 Å². The Bertz CT molecular complexity index is 1060. The van der Waals surface area contributed by atoms with Crippen molar-refractivity contribution in [2.24, 2.45) is 0 Å². The molecule has 138 valence electrons. The molecule has 1 N–H and O–H groups in total. The Morgan fingerprint density at radius 3 is 2.74 bits per heavy atom. The van der Waals surface area contributed by atoms with E-state index in [9.17, 15) is 4.39 Å². The molecule has 0 radical (unpaired) electrons. The van der Waals surface area contributed by atoms with Gasteiger partial charge in [0.15, 0.2) is 5.13 Å². The summed E-state index contributed by atoms with van der Waals surface area (Å²) in [6.45, 7) is 4.34. The van der Waals surface area contributed by atoms with Crippen molar-refractivity contribution in [3.8, 4) is 21.6 Å². The fourth-order valence-electron chi connectivity index (χ4n) is 3.19. The van der Waals surface area contributed by atoms with Gasteiger partial charge >= 0.3 is 0 Å². The van der Waals surface area contributed by atoms with Crippen LogP contribution in [0.15, 0.2) is 55.1 Å². The van der Waals surface area contributed by atoms with E-state index in [0.29, 0.717) is 11.6 Å². The van der Waals surface area contributed by atoms with Crippen molar-refractivity contribution in [2.45, 2.75) is 32.7 Å². The third-order valence-electron chi connectivity index (χ3n) is 4.76. The zero-order valence-electron chi connectivity index (χ0n) is 15.3. The lowest BCUT2D eigenvalue weighted by Gasteiger charge is -2.12. The van der Waals surface area contributed by atoms with Gasteiger partial charge in [-0.2, -0.15) is 0 Å². The molecule has 4 nitrogen and oxygen atoms in total. The molecule has 0 saturated heterocycles. The summed E-state index contributed by atoms with van der Waals surface area (Å²) in [5.74, 6) is -0.250. The number of thiazole rings is 1. The van der Waals surface area contributed by atoms with Crippen LogP contribution in [-0.4, -0.2) is 20.4 Å². The second-order valence-corrected chi connectivity index (χ2v) is 7.50. The minimum Gasteiger partial charge on any atom is -0.359 e. The molecule has 0 aliphatic carbocycles. The Hall–Kier alpha value is -2.73. The van der Waals surface area contributed by atoms with Crippen molar-refractivity contribution in [2.75, 3.05) is 5.32 Å². The molecular formula is C21H21FN4S. The van der Waals surface area contributed by atoms with Crippen LogP contribution in [0.4, 0.5) is 9.52 Å². The van der Waals surface area contributed by atoms with E-state index in [-0.39, 0.29) is 5.82 Å². The molecule has 27 heavy (non-hydrogen) atoms. The van der Waals surface area contributed by atoms with Crippen molar-refractivity contribution in [3.05, 3.63) is 60.9 Å². The molecule has 6 heteroatoms. The summed E-state index contributed by atoms with van der Waals surface area (Å²) in [7, 11) is 0. The molecule has 4 rings (SSSR count). The van der Waals surface area contributed by atoms with Crippen molar-refractivity contribution >= 4 is 22.1 Å². The molecule has 0 spiro atoms. The maximum Gasteiger partial charge on any atom is 0.183 e. The molecule has 3 aromatic heterocycles. The van der Waals surface area contributed by atoms with Crippen LogP contribution in [0.25, 0.3) is 27.2 Å². The molecule has 0 fully saturated rings. The van der Waals surface area contributed by atoms with E-state index in [1.807, 2.05) is 35.1 Å². The summed E-state index contributed by atoms with van der Waals surface area (Å²) in [4.78, 5) is 9.97. The van der Waals surface area contributed by atoms with E-state index in [1.54, 1.807) is 29.7 Å². The minimum atomic E-state index is -0.250. The fraction of sp³-hybridized carbons (Fsp3) is 0.238. The normalized spacial score (nSPS) is 11.4. The van der Waals surface area contributed by atoms with Gasteiger partial charge in [0.05, 0.1) is 4.88 Å². The first kappa shape index (κ1) is 17.7. The Balaban J connectivity index is 1.78. The van der Waals surface area contributed by atoms with Gasteiger partial charge in [-0.15, -0.1) is 0 Å². The average molecular weight is 380 g/mol. The van der Waals surface area contributed by atoms with Gasteiger partial charge in [-0.1, -0.05) is 43.4 Å². The predicted octanol–water partition coefficient (Wildman–Crippen LogP) is 5.86. The molecule has 4 aromatic rings. The standard InChI is InChI=1S/C21H21FN4S/c1-3-15(4-2)25-21-24-12-19(27-21)14-11-17(16-7-5-6-8-18(16)22)20-23-9-10-26(20)13-14/h5-13,15H,3-4H2,1-2H3,(H,24,25). The summed E-state index contributed by atoms with van der Waals surface area (Å²) < 4.78 is 16.3. The Kier molecular flexibility index (Phi) is 4.90. The highest BCUT2D eigenvalue weighted by Gasteiger charge is 2.14. The predicted molar refractivity (Wildman–Crippen MR) is 110 cm³/mol. The molecule has 0 atom stereocenters. The highest BCUT2D eigenvalue weighted by molar-refractivity contribution is 7.18. The monoisotopic (exact) mass is 380 g/mol. The largest absolute Gasteiger partial charge is 0.359 e. The van der Waals surface area contributed by atoms with Gasteiger partial charge in [0.1, 0.15) is 11.5 Å². The first-order valence-corrected chi connectivity index (χ1v) is 9.95. The number of aromatic nitrogens is 3. The van der Waals surface area contributed by atoms with Gasteiger partial charge in [-0.05, 0) is 25.0 Å². The number of imidazole rings is 1. The number of fused-ring (bicyclic) bond motifs is 1. The average Bonchev–Trinajstić information content (AvgIpc) is 3.35. The molecule has 3 heterocycles. The number of anilines is 1. The number of halogens is 1. The number of nitrogens with one attached hydrogen (secondary N) is 1. The summed E-state index contributed by atoms with van der Waals surface area (Å²) in [6.07, 6.45) is 9.62. The van der Waals surface area contributed by atoms with Gasteiger partial charge in [-0.3, -0.25) is 0 Å². The molecular weight excluding hydrogens is 359 g/mol. The number of hydrogen-bond acceptors (Lipinski definition) is 4. The summed E-state index contributed by atoms with van der Waals surface area (Å²) >= 11 is 1.61. The lowest BCUT2D eigenvalue weighted by Crippen LogP contribution is -2.16. The van der Waals surface area contributed by atoms with Gasteiger partial charge < -0.3 is 9.72 Å². The lowest BCUT2D eigenvalue weighted by atomic mass is 10.0. The number of rotatable bonds is 6. The second kappa shape index (κ2) is 7.48. The van der Waals surface area contributed by atoms with Crippen LogP contribution in [0.5, 0.6) is 0 Å². The van der Waals surface area contributed by atoms with Crippen molar-refractivity contribution in [3.63, 3.8) is 0 Å². The second-order valence-electron chi connectivity index (χ2n) is 6.47. The van der Waals surface area contributed by atoms with E-state index < -0.39 is 0 Å². The molecule has 0 saturated carbocycles. The quantitative estimate of drug-likeness (QED) is 0.455. The maximum absolute atomic E-state index is 14.4. The van der Waals surface area contributed by atoms with Crippen LogP contribution in [0.2, 0.25) is 0 Å². The van der Waals surface area contributed by atoms with Crippen LogP contribution in [0.3, 0.4) is 0 Å². The summed E-state index contributed by atoms with van der Waals surface area (Å²) in [5.41, 5.74) is 3.06. The van der Waals surface area contributed by atoms with Crippen LogP contribution < -0.4 is 5.32 Å². The molecule has 1 aromatic carbocycles. The number of hydrogen-bond donors (Lipinski definition) is 1. The number of nitrogens with zero attached hydrogens (tertiary/aromatic N) is 3. The van der Waals surface area contributed by atoms with Crippen molar-refractivity contribution in [1.29, 1.82) is 0 Å². The third kappa shape index (κ3) is 3.45.